The quantitative estimate of drug-likeness (QED) is 0.781. The normalized spacial score (nSPS) is 22.1. The van der Waals surface area contributed by atoms with Crippen LogP contribution in [0.3, 0.4) is 0 Å². The smallest absolute Gasteiger partial charge is 0.320 e. The van der Waals surface area contributed by atoms with Gasteiger partial charge in [0.25, 0.3) is 5.91 Å². The fourth-order valence-corrected chi connectivity index (χ4v) is 3.66. The Hall–Kier alpha value is -2.41. The van der Waals surface area contributed by atoms with E-state index in [4.69, 9.17) is 4.74 Å². The summed E-state index contributed by atoms with van der Waals surface area (Å²) in [6.07, 6.45) is 1.28. The standard InChI is InChI=1S/C19H24N2O5/c1-3-15(19(24)25)21-8-6-12(7-9-21)17(22)13-4-5-16-14(10-13)20-18(23)11(2)26-16/h4-5,10-12,15H,3,6-9H2,1-2H3,(H,20,23)(H,24,25). The lowest BCUT2D eigenvalue weighted by atomic mass is 9.88. The molecule has 0 saturated carbocycles. The predicted molar refractivity (Wildman–Crippen MR) is 95.5 cm³/mol. The minimum Gasteiger partial charge on any atom is -0.480 e. The summed E-state index contributed by atoms with van der Waals surface area (Å²) in [5.74, 6) is -0.569. The summed E-state index contributed by atoms with van der Waals surface area (Å²) < 4.78 is 5.51. The lowest BCUT2D eigenvalue weighted by molar-refractivity contribution is -0.144. The number of Topliss-reactive ketones (excluding diaryl/α,β-unsaturated/α-hetero) is 1. The summed E-state index contributed by atoms with van der Waals surface area (Å²) >= 11 is 0. The van der Waals surface area contributed by atoms with Crippen LogP contribution < -0.4 is 10.1 Å². The number of anilines is 1. The van der Waals surface area contributed by atoms with E-state index >= 15 is 0 Å². The number of likely N-dealkylation sites (tertiary alicyclic amines) is 1. The number of piperidine rings is 1. The molecular weight excluding hydrogens is 336 g/mol. The van der Waals surface area contributed by atoms with E-state index in [1.807, 2.05) is 11.8 Å². The van der Waals surface area contributed by atoms with Crippen molar-refractivity contribution in [2.24, 2.45) is 5.92 Å². The molecule has 2 N–H and O–H groups in total. The molecule has 2 aliphatic rings. The summed E-state index contributed by atoms with van der Waals surface area (Å²) in [5.41, 5.74) is 1.07. The molecule has 2 aliphatic heterocycles. The Morgan fingerprint density at radius 1 is 1.35 bits per heavy atom. The number of hydrogen-bond donors (Lipinski definition) is 2. The topological polar surface area (TPSA) is 95.9 Å². The average Bonchev–Trinajstić information content (AvgIpc) is 2.62. The summed E-state index contributed by atoms with van der Waals surface area (Å²) in [6.45, 7) is 4.74. The first-order chi connectivity index (χ1) is 12.4. The first-order valence-electron chi connectivity index (χ1n) is 9.03. The number of carbonyl (C=O) groups is 3. The van der Waals surface area contributed by atoms with Gasteiger partial charge in [-0.1, -0.05) is 6.92 Å². The van der Waals surface area contributed by atoms with Crippen LogP contribution in [-0.4, -0.2) is 52.9 Å². The van der Waals surface area contributed by atoms with E-state index in [0.717, 1.165) is 0 Å². The van der Waals surface area contributed by atoms with E-state index in [1.54, 1.807) is 25.1 Å². The SMILES string of the molecule is CCC(C(=O)O)N1CCC(C(=O)c2ccc3c(c2)NC(=O)C(C)O3)CC1. The third-order valence-corrected chi connectivity index (χ3v) is 5.21. The van der Waals surface area contributed by atoms with E-state index in [-0.39, 0.29) is 17.6 Å². The Bertz CT molecular complexity index is 725. The van der Waals surface area contributed by atoms with Crippen molar-refractivity contribution in [3.8, 4) is 5.75 Å². The molecule has 1 amide bonds. The van der Waals surface area contributed by atoms with E-state index in [9.17, 15) is 19.5 Å². The molecule has 0 aliphatic carbocycles. The lowest BCUT2D eigenvalue weighted by Gasteiger charge is -2.34. The molecule has 0 aromatic heterocycles. The maximum absolute atomic E-state index is 12.8. The molecule has 0 spiro atoms. The van der Waals surface area contributed by atoms with Crippen molar-refractivity contribution in [1.29, 1.82) is 0 Å². The third-order valence-electron chi connectivity index (χ3n) is 5.21. The highest BCUT2D eigenvalue weighted by Crippen LogP contribution is 2.32. The van der Waals surface area contributed by atoms with Gasteiger partial charge >= 0.3 is 5.97 Å². The van der Waals surface area contributed by atoms with Crippen molar-refractivity contribution in [2.45, 2.75) is 45.3 Å². The summed E-state index contributed by atoms with van der Waals surface area (Å²) in [7, 11) is 0. The number of fused-ring (bicyclic) bond motifs is 1. The number of ketones is 1. The molecule has 3 rings (SSSR count). The number of amides is 1. The van der Waals surface area contributed by atoms with Gasteiger partial charge in [0.15, 0.2) is 11.9 Å². The molecule has 2 unspecified atom stereocenters. The molecule has 2 atom stereocenters. The number of aliphatic carboxylic acids is 1. The molecule has 1 fully saturated rings. The molecule has 0 bridgehead atoms. The monoisotopic (exact) mass is 360 g/mol. The molecule has 1 aromatic rings. The average molecular weight is 360 g/mol. The Balaban J connectivity index is 1.67. The van der Waals surface area contributed by atoms with Crippen LogP contribution in [0.4, 0.5) is 5.69 Å². The number of nitrogens with zero attached hydrogens (tertiary/aromatic N) is 1. The maximum Gasteiger partial charge on any atom is 0.320 e. The Kier molecular flexibility index (Phi) is 5.27. The molecule has 7 heteroatoms. The van der Waals surface area contributed by atoms with Gasteiger partial charge in [-0.3, -0.25) is 19.3 Å². The van der Waals surface area contributed by atoms with E-state index < -0.39 is 18.1 Å². The fourth-order valence-electron chi connectivity index (χ4n) is 3.66. The van der Waals surface area contributed by atoms with Crippen LogP contribution in [0, 0.1) is 5.92 Å². The molecule has 7 nitrogen and oxygen atoms in total. The number of carboxylic acid groups (broad SMARTS) is 1. The third kappa shape index (κ3) is 3.58. The zero-order chi connectivity index (χ0) is 18.8. The van der Waals surface area contributed by atoms with Crippen LogP contribution in [0.2, 0.25) is 0 Å². The zero-order valence-electron chi connectivity index (χ0n) is 15.0. The molecule has 0 radical (unpaired) electrons. The molecule has 2 heterocycles. The highest BCUT2D eigenvalue weighted by Gasteiger charge is 2.32. The Morgan fingerprint density at radius 3 is 2.65 bits per heavy atom. The highest BCUT2D eigenvalue weighted by atomic mass is 16.5. The van der Waals surface area contributed by atoms with Crippen molar-refractivity contribution in [3.63, 3.8) is 0 Å². The number of rotatable bonds is 5. The number of hydrogen-bond acceptors (Lipinski definition) is 5. The minimum absolute atomic E-state index is 0.0312. The first kappa shape index (κ1) is 18.4. The van der Waals surface area contributed by atoms with Gasteiger partial charge in [0.05, 0.1) is 5.69 Å². The van der Waals surface area contributed by atoms with Crippen molar-refractivity contribution in [2.75, 3.05) is 18.4 Å². The minimum atomic E-state index is -0.808. The van der Waals surface area contributed by atoms with Crippen molar-refractivity contribution < 1.29 is 24.2 Å². The van der Waals surface area contributed by atoms with Gasteiger partial charge < -0.3 is 15.2 Å². The van der Waals surface area contributed by atoms with Crippen LogP contribution in [0.5, 0.6) is 5.75 Å². The summed E-state index contributed by atoms with van der Waals surface area (Å²) in [6, 6.07) is 4.62. The number of benzene rings is 1. The Morgan fingerprint density at radius 2 is 2.04 bits per heavy atom. The maximum atomic E-state index is 12.8. The first-order valence-corrected chi connectivity index (χ1v) is 9.03. The number of ether oxygens (including phenoxy) is 1. The van der Waals surface area contributed by atoms with E-state index in [1.165, 1.54) is 0 Å². The molecular formula is C19H24N2O5. The molecule has 1 aromatic carbocycles. The van der Waals surface area contributed by atoms with Crippen LogP contribution >= 0.6 is 0 Å². The second-order valence-corrected chi connectivity index (χ2v) is 6.90. The van der Waals surface area contributed by atoms with Gasteiger partial charge in [0, 0.05) is 11.5 Å². The van der Waals surface area contributed by atoms with Crippen LogP contribution in [0.25, 0.3) is 0 Å². The summed E-state index contributed by atoms with van der Waals surface area (Å²) in [5, 5.41) is 12.0. The second-order valence-electron chi connectivity index (χ2n) is 6.90. The van der Waals surface area contributed by atoms with Crippen molar-refractivity contribution in [3.05, 3.63) is 23.8 Å². The van der Waals surface area contributed by atoms with Crippen LogP contribution in [0.1, 0.15) is 43.5 Å². The van der Waals surface area contributed by atoms with Crippen LogP contribution in [0.15, 0.2) is 18.2 Å². The number of carboxylic acids is 1. The molecule has 140 valence electrons. The van der Waals surface area contributed by atoms with Crippen LogP contribution in [-0.2, 0) is 9.59 Å². The Labute approximate surface area is 152 Å². The van der Waals surface area contributed by atoms with E-state index in [2.05, 4.69) is 5.32 Å². The van der Waals surface area contributed by atoms with Gasteiger partial charge in [0.1, 0.15) is 11.8 Å². The van der Waals surface area contributed by atoms with Gasteiger partial charge in [-0.15, -0.1) is 0 Å². The molecule has 26 heavy (non-hydrogen) atoms. The lowest BCUT2D eigenvalue weighted by Crippen LogP contribution is -2.46. The number of nitrogens with one attached hydrogen (secondary N) is 1. The van der Waals surface area contributed by atoms with Gasteiger partial charge in [0.2, 0.25) is 0 Å². The van der Waals surface area contributed by atoms with Crippen molar-refractivity contribution in [1.82, 2.24) is 4.90 Å². The predicted octanol–water partition coefficient (Wildman–Crippen LogP) is 2.16. The number of carbonyl (C=O) groups excluding carboxylic acids is 2. The van der Waals surface area contributed by atoms with Crippen molar-refractivity contribution >= 4 is 23.3 Å². The highest BCUT2D eigenvalue weighted by molar-refractivity contribution is 6.02. The summed E-state index contributed by atoms with van der Waals surface area (Å²) in [4.78, 5) is 37.8. The van der Waals surface area contributed by atoms with Gasteiger partial charge in [-0.05, 0) is 57.5 Å². The largest absolute Gasteiger partial charge is 0.480 e. The van der Waals surface area contributed by atoms with Gasteiger partial charge in [-0.25, -0.2) is 0 Å². The second kappa shape index (κ2) is 7.45. The fraction of sp³-hybridized carbons (Fsp3) is 0.526. The zero-order valence-corrected chi connectivity index (χ0v) is 15.0. The van der Waals surface area contributed by atoms with Gasteiger partial charge in [-0.2, -0.15) is 0 Å². The van der Waals surface area contributed by atoms with E-state index in [0.29, 0.717) is 49.4 Å². The molecule has 1 saturated heterocycles.